The van der Waals surface area contributed by atoms with Crippen LogP contribution in [0.3, 0.4) is 0 Å². The SMILES string of the molecule is CN1CCOC(n2cncc2[C]=O)C1. The van der Waals surface area contributed by atoms with Crippen molar-refractivity contribution in [2.75, 3.05) is 26.7 Å². The Morgan fingerprint density at radius 1 is 1.71 bits per heavy atom. The van der Waals surface area contributed by atoms with Crippen molar-refractivity contribution in [3.05, 3.63) is 18.2 Å². The quantitative estimate of drug-likeness (QED) is 0.654. The number of imidazole rings is 1. The fourth-order valence-electron chi connectivity index (χ4n) is 1.54. The second kappa shape index (κ2) is 3.89. The van der Waals surface area contributed by atoms with Gasteiger partial charge in [0.1, 0.15) is 11.9 Å². The molecule has 0 N–H and O–H groups in total. The van der Waals surface area contributed by atoms with E-state index in [-0.39, 0.29) is 6.23 Å². The van der Waals surface area contributed by atoms with Crippen LogP contribution in [0.15, 0.2) is 12.5 Å². The highest BCUT2D eigenvalue weighted by molar-refractivity contribution is 5.72. The summed E-state index contributed by atoms with van der Waals surface area (Å²) in [6, 6.07) is 0. The molecule has 1 aromatic heterocycles. The first kappa shape index (κ1) is 9.36. The third-order valence-corrected chi connectivity index (χ3v) is 2.33. The molecule has 0 aliphatic carbocycles. The standard InChI is InChI=1S/C9H12N3O2/c1-11-2-3-14-9(5-11)12-7-10-4-8(12)6-13/h4,7,9H,2-3,5H2,1H3. The Balaban J connectivity index is 2.17. The molecule has 5 nitrogen and oxygen atoms in total. The van der Waals surface area contributed by atoms with Gasteiger partial charge in [-0.25, -0.2) is 4.98 Å². The topological polar surface area (TPSA) is 47.4 Å². The third kappa shape index (κ3) is 1.69. The van der Waals surface area contributed by atoms with Gasteiger partial charge in [-0.2, -0.15) is 0 Å². The van der Waals surface area contributed by atoms with Gasteiger partial charge in [-0.3, -0.25) is 14.3 Å². The number of carbonyl (C=O) groups excluding carboxylic acids is 1. The summed E-state index contributed by atoms with van der Waals surface area (Å²) in [4.78, 5) is 16.6. The van der Waals surface area contributed by atoms with Crippen molar-refractivity contribution < 1.29 is 9.53 Å². The van der Waals surface area contributed by atoms with E-state index in [1.807, 2.05) is 13.3 Å². The first-order valence-electron chi connectivity index (χ1n) is 4.51. The highest BCUT2D eigenvalue weighted by atomic mass is 16.5. The lowest BCUT2D eigenvalue weighted by atomic mass is 10.4. The van der Waals surface area contributed by atoms with Gasteiger partial charge >= 0.3 is 0 Å². The molecule has 2 heterocycles. The lowest BCUT2D eigenvalue weighted by Crippen LogP contribution is -2.38. The van der Waals surface area contributed by atoms with E-state index in [2.05, 4.69) is 9.88 Å². The average molecular weight is 194 g/mol. The molecular weight excluding hydrogens is 182 g/mol. The number of ether oxygens (including phenoxy) is 1. The van der Waals surface area contributed by atoms with Gasteiger partial charge in [0, 0.05) is 13.1 Å². The molecule has 1 aliphatic rings. The Hall–Kier alpha value is -1.20. The zero-order valence-corrected chi connectivity index (χ0v) is 8.01. The van der Waals surface area contributed by atoms with Gasteiger partial charge in [0.2, 0.25) is 0 Å². The third-order valence-electron chi connectivity index (χ3n) is 2.33. The highest BCUT2D eigenvalue weighted by Crippen LogP contribution is 2.15. The van der Waals surface area contributed by atoms with Crippen LogP contribution in [0, 0.1) is 0 Å². The molecule has 0 aromatic carbocycles. The number of aromatic nitrogens is 2. The molecule has 1 aromatic rings. The van der Waals surface area contributed by atoms with Gasteiger partial charge in [-0.1, -0.05) is 0 Å². The van der Waals surface area contributed by atoms with Crippen LogP contribution >= 0.6 is 0 Å². The van der Waals surface area contributed by atoms with E-state index >= 15 is 0 Å². The van der Waals surface area contributed by atoms with E-state index in [1.165, 1.54) is 6.20 Å². The zero-order chi connectivity index (χ0) is 9.97. The van der Waals surface area contributed by atoms with Gasteiger partial charge in [0.25, 0.3) is 6.29 Å². The number of rotatable bonds is 2. The molecular formula is C9H12N3O2. The Labute approximate surface area is 82.3 Å². The number of likely N-dealkylation sites (N-methyl/N-ethyl adjacent to an activating group) is 1. The maximum atomic E-state index is 10.6. The van der Waals surface area contributed by atoms with Crippen LogP contribution in [-0.4, -0.2) is 47.5 Å². The Morgan fingerprint density at radius 2 is 2.57 bits per heavy atom. The molecule has 1 atom stereocenters. The van der Waals surface area contributed by atoms with Gasteiger partial charge in [-0.05, 0) is 7.05 Å². The molecule has 1 aliphatic heterocycles. The molecule has 0 saturated carbocycles. The predicted molar refractivity (Wildman–Crippen MR) is 49.5 cm³/mol. The summed E-state index contributed by atoms with van der Waals surface area (Å²) in [5.41, 5.74) is 0.435. The van der Waals surface area contributed by atoms with Crippen molar-refractivity contribution >= 4 is 6.29 Å². The fourth-order valence-corrected chi connectivity index (χ4v) is 1.54. The van der Waals surface area contributed by atoms with E-state index in [0.717, 1.165) is 13.1 Å². The first-order chi connectivity index (χ1) is 6.81. The minimum Gasteiger partial charge on any atom is -0.355 e. The number of nitrogens with zero attached hydrogens (tertiary/aromatic N) is 3. The van der Waals surface area contributed by atoms with Gasteiger partial charge in [0.05, 0.1) is 19.1 Å². The lowest BCUT2D eigenvalue weighted by molar-refractivity contribution is -0.0617. The van der Waals surface area contributed by atoms with Crippen molar-refractivity contribution in [2.24, 2.45) is 0 Å². The Bertz CT molecular complexity index is 324. The summed E-state index contributed by atoms with van der Waals surface area (Å²) in [6.07, 6.45) is 4.81. The molecule has 2 rings (SSSR count). The van der Waals surface area contributed by atoms with Crippen molar-refractivity contribution in [3.63, 3.8) is 0 Å². The summed E-state index contributed by atoms with van der Waals surface area (Å²) in [6.45, 7) is 2.37. The molecule has 75 valence electrons. The average Bonchev–Trinajstić information content (AvgIpc) is 2.65. The molecule has 1 fully saturated rings. The van der Waals surface area contributed by atoms with Crippen molar-refractivity contribution in [2.45, 2.75) is 6.23 Å². The monoisotopic (exact) mass is 194 g/mol. The number of hydrogen-bond acceptors (Lipinski definition) is 4. The van der Waals surface area contributed by atoms with Crippen LogP contribution < -0.4 is 0 Å². The molecule has 1 saturated heterocycles. The summed E-state index contributed by atoms with van der Waals surface area (Å²) in [5.74, 6) is 0. The van der Waals surface area contributed by atoms with Crippen molar-refractivity contribution in [1.82, 2.24) is 14.5 Å². The molecule has 0 spiro atoms. The van der Waals surface area contributed by atoms with E-state index in [0.29, 0.717) is 12.3 Å². The second-order valence-electron chi connectivity index (χ2n) is 3.38. The largest absolute Gasteiger partial charge is 0.355 e. The summed E-state index contributed by atoms with van der Waals surface area (Å²) in [5, 5.41) is 0. The summed E-state index contributed by atoms with van der Waals surface area (Å²) >= 11 is 0. The molecule has 0 amide bonds. The Kier molecular flexibility index (Phi) is 2.60. The number of hydrogen-bond donors (Lipinski definition) is 0. The van der Waals surface area contributed by atoms with E-state index in [1.54, 1.807) is 10.9 Å². The lowest BCUT2D eigenvalue weighted by Gasteiger charge is -2.30. The molecule has 1 unspecified atom stereocenters. The molecule has 0 bridgehead atoms. The van der Waals surface area contributed by atoms with Crippen LogP contribution in [0.2, 0.25) is 0 Å². The minimum absolute atomic E-state index is 0.118. The molecule has 14 heavy (non-hydrogen) atoms. The van der Waals surface area contributed by atoms with E-state index in [9.17, 15) is 4.79 Å². The second-order valence-corrected chi connectivity index (χ2v) is 3.38. The number of morpholine rings is 1. The van der Waals surface area contributed by atoms with Gasteiger partial charge in [0.15, 0.2) is 0 Å². The van der Waals surface area contributed by atoms with Crippen LogP contribution in [0.1, 0.15) is 11.9 Å². The van der Waals surface area contributed by atoms with Gasteiger partial charge in [-0.15, -0.1) is 0 Å². The van der Waals surface area contributed by atoms with E-state index in [4.69, 9.17) is 4.74 Å². The van der Waals surface area contributed by atoms with E-state index < -0.39 is 0 Å². The molecule has 1 radical (unpaired) electrons. The normalized spacial score (nSPS) is 23.6. The maximum absolute atomic E-state index is 10.6. The maximum Gasteiger partial charge on any atom is 0.253 e. The smallest absolute Gasteiger partial charge is 0.253 e. The van der Waals surface area contributed by atoms with Crippen molar-refractivity contribution in [3.8, 4) is 0 Å². The van der Waals surface area contributed by atoms with Crippen LogP contribution in [0.5, 0.6) is 0 Å². The summed E-state index contributed by atoms with van der Waals surface area (Å²) < 4.78 is 7.25. The highest BCUT2D eigenvalue weighted by Gasteiger charge is 2.20. The van der Waals surface area contributed by atoms with Crippen LogP contribution in [0.25, 0.3) is 0 Å². The van der Waals surface area contributed by atoms with Gasteiger partial charge < -0.3 is 4.74 Å². The predicted octanol–water partition coefficient (Wildman–Crippen LogP) is -0.199. The van der Waals surface area contributed by atoms with Crippen LogP contribution in [-0.2, 0) is 9.53 Å². The Morgan fingerprint density at radius 3 is 3.29 bits per heavy atom. The first-order valence-corrected chi connectivity index (χ1v) is 4.51. The van der Waals surface area contributed by atoms with Crippen LogP contribution in [0.4, 0.5) is 0 Å². The summed E-state index contributed by atoms with van der Waals surface area (Å²) in [7, 11) is 2.02. The zero-order valence-electron chi connectivity index (χ0n) is 8.01. The van der Waals surface area contributed by atoms with Crippen molar-refractivity contribution in [1.29, 1.82) is 0 Å². The fraction of sp³-hybridized carbons (Fsp3) is 0.556. The molecule has 5 heteroatoms. The minimum atomic E-state index is -0.118.